The van der Waals surface area contributed by atoms with Crippen molar-refractivity contribution in [3.05, 3.63) is 41.2 Å². The normalized spacial score (nSPS) is 11.8. The molecule has 0 fully saturated rings. The quantitative estimate of drug-likeness (QED) is 0.679. The number of rotatable bonds is 8. The van der Waals surface area contributed by atoms with Crippen molar-refractivity contribution >= 4 is 35.1 Å². The van der Waals surface area contributed by atoms with Gasteiger partial charge in [0.05, 0.1) is 5.25 Å². The monoisotopic (exact) mass is 375 g/mol. The number of anilines is 2. The fraction of sp³-hybridized carbons (Fsp3) is 0.421. The lowest BCUT2D eigenvalue weighted by molar-refractivity contribution is -0.116. The Labute approximate surface area is 158 Å². The van der Waals surface area contributed by atoms with E-state index in [1.54, 1.807) is 13.0 Å². The first kappa shape index (κ1) is 20.0. The fourth-order valence-corrected chi connectivity index (χ4v) is 3.31. The maximum atomic E-state index is 12.1. The minimum absolute atomic E-state index is 0.00169. The molecule has 7 heteroatoms. The fourth-order valence-electron chi connectivity index (χ4n) is 2.44. The highest BCUT2D eigenvalue weighted by atomic mass is 32.2. The molecule has 0 aliphatic rings. The Balaban J connectivity index is 1.69. The molecule has 2 aromatic rings. The van der Waals surface area contributed by atoms with Gasteiger partial charge in [-0.05, 0) is 51.0 Å². The van der Waals surface area contributed by atoms with E-state index in [1.807, 2.05) is 39.0 Å². The van der Waals surface area contributed by atoms with Crippen LogP contribution < -0.4 is 10.6 Å². The number of amides is 2. The summed E-state index contributed by atoms with van der Waals surface area (Å²) >= 11 is 1.51. The second kappa shape index (κ2) is 9.43. The second-order valence-corrected chi connectivity index (χ2v) is 7.69. The molecular formula is C19H25N3O3S. The van der Waals surface area contributed by atoms with Crippen LogP contribution in [0.4, 0.5) is 11.5 Å². The van der Waals surface area contributed by atoms with Gasteiger partial charge in [-0.1, -0.05) is 23.4 Å². The van der Waals surface area contributed by atoms with E-state index in [1.165, 1.54) is 11.8 Å². The van der Waals surface area contributed by atoms with Crippen LogP contribution in [0, 0.1) is 20.8 Å². The van der Waals surface area contributed by atoms with Gasteiger partial charge in [-0.3, -0.25) is 9.59 Å². The van der Waals surface area contributed by atoms with Gasteiger partial charge < -0.3 is 15.2 Å². The van der Waals surface area contributed by atoms with E-state index in [9.17, 15) is 9.59 Å². The minimum Gasteiger partial charge on any atom is -0.360 e. The molecule has 0 aliphatic carbocycles. The lowest BCUT2D eigenvalue weighted by Crippen LogP contribution is -2.23. The number of nitrogens with one attached hydrogen (secondary N) is 2. The number of benzene rings is 1. The van der Waals surface area contributed by atoms with E-state index in [0.29, 0.717) is 24.4 Å². The van der Waals surface area contributed by atoms with Crippen molar-refractivity contribution in [1.82, 2.24) is 5.16 Å². The van der Waals surface area contributed by atoms with Crippen LogP contribution in [0.5, 0.6) is 0 Å². The van der Waals surface area contributed by atoms with Gasteiger partial charge in [0.25, 0.3) is 0 Å². The maximum Gasteiger partial charge on any atom is 0.238 e. The van der Waals surface area contributed by atoms with Crippen LogP contribution in [0.3, 0.4) is 0 Å². The van der Waals surface area contributed by atoms with Gasteiger partial charge in [-0.2, -0.15) is 0 Å². The number of hydrogen-bond donors (Lipinski definition) is 2. The summed E-state index contributed by atoms with van der Waals surface area (Å²) in [4.78, 5) is 24.2. The number of aryl methyl sites for hydroxylation is 3. The third-order valence-electron chi connectivity index (χ3n) is 3.91. The molecule has 6 nitrogen and oxygen atoms in total. The molecule has 1 unspecified atom stereocenters. The summed E-state index contributed by atoms with van der Waals surface area (Å²) in [6, 6.07) is 7.61. The number of para-hydroxylation sites is 1. The Hall–Kier alpha value is -2.28. The predicted molar refractivity (Wildman–Crippen MR) is 106 cm³/mol. The molecule has 2 amide bonds. The Morgan fingerprint density at radius 3 is 2.50 bits per heavy atom. The molecule has 2 rings (SSSR count). The van der Waals surface area contributed by atoms with E-state index in [0.717, 1.165) is 22.6 Å². The smallest absolute Gasteiger partial charge is 0.238 e. The Morgan fingerprint density at radius 1 is 1.19 bits per heavy atom. The molecule has 0 saturated heterocycles. The summed E-state index contributed by atoms with van der Waals surface area (Å²) in [5.74, 6) is 1.68. The summed E-state index contributed by atoms with van der Waals surface area (Å²) in [6.07, 6.45) is 1.14. The molecule has 0 aliphatic heterocycles. The molecule has 1 aromatic carbocycles. The van der Waals surface area contributed by atoms with Gasteiger partial charge in [0.15, 0.2) is 5.82 Å². The number of aromatic nitrogens is 1. The number of thioether (sulfide) groups is 1. The molecule has 26 heavy (non-hydrogen) atoms. The van der Waals surface area contributed by atoms with Crippen LogP contribution in [0.2, 0.25) is 0 Å². The van der Waals surface area contributed by atoms with Gasteiger partial charge >= 0.3 is 0 Å². The highest BCUT2D eigenvalue weighted by Crippen LogP contribution is 2.20. The van der Waals surface area contributed by atoms with Crippen molar-refractivity contribution < 1.29 is 14.1 Å². The maximum absolute atomic E-state index is 12.1. The highest BCUT2D eigenvalue weighted by molar-refractivity contribution is 8.00. The van der Waals surface area contributed by atoms with E-state index >= 15 is 0 Å². The first-order valence-corrected chi connectivity index (χ1v) is 9.63. The Kier molecular flexibility index (Phi) is 7.26. The van der Waals surface area contributed by atoms with Gasteiger partial charge in [0.2, 0.25) is 11.8 Å². The molecule has 1 aromatic heterocycles. The van der Waals surface area contributed by atoms with Crippen molar-refractivity contribution in [2.24, 2.45) is 0 Å². The highest BCUT2D eigenvalue weighted by Gasteiger charge is 2.15. The van der Waals surface area contributed by atoms with Crippen LogP contribution >= 0.6 is 11.8 Å². The SMILES string of the molecule is Cc1cc(NC(=O)C(C)SCCCC(=O)Nc2c(C)cccc2C)no1. The first-order chi connectivity index (χ1) is 12.4. The van der Waals surface area contributed by atoms with Gasteiger partial charge in [-0.15, -0.1) is 11.8 Å². The Bertz CT molecular complexity index is 753. The Morgan fingerprint density at radius 2 is 1.88 bits per heavy atom. The molecular weight excluding hydrogens is 350 g/mol. The second-order valence-electron chi connectivity index (χ2n) is 6.24. The topological polar surface area (TPSA) is 84.2 Å². The van der Waals surface area contributed by atoms with E-state index < -0.39 is 0 Å². The third kappa shape index (κ3) is 5.91. The third-order valence-corrected chi connectivity index (χ3v) is 5.15. The lowest BCUT2D eigenvalue weighted by atomic mass is 10.1. The number of carbonyl (C=O) groups is 2. The molecule has 2 N–H and O–H groups in total. The average molecular weight is 375 g/mol. The standard InChI is InChI=1S/C19H25N3O3S/c1-12-7-5-8-13(2)18(12)21-17(23)9-6-10-26-15(4)19(24)20-16-11-14(3)25-22-16/h5,7-8,11,15H,6,9-10H2,1-4H3,(H,21,23)(H,20,22,24). The zero-order valence-electron chi connectivity index (χ0n) is 15.6. The van der Waals surface area contributed by atoms with E-state index in [-0.39, 0.29) is 17.1 Å². The van der Waals surface area contributed by atoms with Crippen LogP contribution in [0.1, 0.15) is 36.7 Å². The van der Waals surface area contributed by atoms with Crippen molar-refractivity contribution in [1.29, 1.82) is 0 Å². The molecule has 0 spiro atoms. The van der Waals surface area contributed by atoms with Gasteiger partial charge in [0, 0.05) is 18.2 Å². The zero-order valence-corrected chi connectivity index (χ0v) is 16.4. The molecule has 140 valence electrons. The molecule has 0 radical (unpaired) electrons. The average Bonchev–Trinajstić information content (AvgIpc) is 2.99. The molecule has 1 heterocycles. The van der Waals surface area contributed by atoms with Crippen molar-refractivity contribution in [3.8, 4) is 0 Å². The van der Waals surface area contributed by atoms with Crippen molar-refractivity contribution in [2.75, 3.05) is 16.4 Å². The van der Waals surface area contributed by atoms with E-state index in [2.05, 4.69) is 15.8 Å². The summed E-state index contributed by atoms with van der Waals surface area (Å²) in [7, 11) is 0. The van der Waals surface area contributed by atoms with Crippen LogP contribution in [-0.4, -0.2) is 28.0 Å². The number of hydrogen-bond acceptors (Lipinski definition) is 5. The van der Waals surface area contributed by atoms with Gasteiger partial charge in [0.1, 0.15) is 5.76 Å². The molecule has 0 bridgehead atoms. The summed E-state index contributed by atoms with van der Waals surface area (Å²) < 4.78 is 4.92. The largest absolute Gasteiger partial charge is 0.360 e. The van der Waals surface area contributed by atoms with E-state index in [4.69, 9.17) is 4.52 Å². The van der Waals surface area contributed by atoms with Crippen LogP contribution in [0.25, 0.3) is 0 Å². The summed E-state index contributed by atoms with van der Waals surface area (Å²) in [5, 5.41) is 9.21. The van der Waals surface area contributed by atoms with Crippen molar-refractivity contribution in [2.45, 2.75) is 45.8 Å². The zero-order chi connectivity index (χ0) is 19.1. The minimum atomic E-state index is -0.228. The van der Waals surface area contributed by atoms with Gasteiger partial charge in [-0.25, -0.2) is 0 Å². The number of carbonyl (C=O) groups excluding carboxylic acids is 2. The number of nitrogens with zero attached hydrogens (tertiary/aromatic N) is 1. The first-order valence-electron chi connectivity index (χ1n) is 8.58. The summed E-state index contributed by atoms with van der Waals surface area (Å²) in [6.45, 7) is 7.57. The molecule has 0 saturated carbocycles. The van der Waals surface area contributed by atoms with Crippen LogP contribution in [0.15, 0.2) is 28.8 Å². The summed E-state index contributed by atoms with van der Waals surface area (Å²) in [5.41, 5.74) is 3.00. The lowest BCUT2D eigenvalue weighted by Gasteiger charge is -2.12. The predicted octanol–water partition coefficient (Wildman–Crippen LogP) is 4.08. The van der Waals surface area contributed by atoms with Crippen molar-refractivity contribution in [3.63, 3.8) is 0 Å². The molecule has 1 atom stereocenters. The van der Waals surface area contributed by atoms with Crippen LogP contribution in [-0.2, 0) is 9.59 Å².